The molecular weight excluding hydrogens is 360 g/mol. The van der Waals surface area contributed by atoms with Crippen LogP contribution in [0.2, 0.25) is 0 Å². The summed E-state index contributed by atoms with van der Waals surface area (Å²) in [4.78, 5) is 23.7. The molecule has 1 aromatic heterocycles. The topological polar surface area (TPSA) is 96.7 Å². The van der Waals surface area contributed by atoms with E-state index in [1.54, 1.807) is 18.5 Å². The van der Waals surface area contributed by atoms with Gasteiger partial charge >= 0.3 is 0 Å². The Balaban J connectivity index is 1.40. The van der Waals surface area contributed by atoms with Crippen LogP contribution in [0.3, 0.4) is 0 Å². The van der Waals surface area contributed by atoms with Crippen molar-refractivity contribution in [2.45, 2.75) is 18.9 Å². The number of nitro benzene ring substituents is 1. The number of benzene rings is 1. The van der Waals surface area contributed by atoms with Gasteiger partial charge in [-0.05, 0) is 25.0 Å². The summed E-state index contributed by atoms with van der Waals surface area (Å²) in [6.45, 7) is 4.90. The molecule has 2 saturated heterocycles. The monoisotopic (exact) mass is 384 g/mol. The van der Waals surface area contributed by atoms with Crippen LogP contribution < -0.4 is 15.1 Å². The maximum absolute atomic E-state index is 10.8. The summed E-state index contributed by atoms with van der Waals surface area (Å²) in [5.74, 6) is 1.75. The summed E-state index contributed by atoms with van der Waals surface area (Å²) in [6, 6.07) is 9.02. The molecule has 1 atom stereocenters. The van der Waals surface area contributed by atoms with Crippen molar-refractivity contribution >= 4 is 23.0 Å². The Morgan fingerprint density at radius 3 is 2.64 bits per heavy atom. The maximum Gasteiger partial charge on any atom is 0.269 e. The Kier molecular flexibility index (Phi) is 5.52. The fourth-order valence-corrected chi connectivity index (χ4v) is 3.72. The van der Waals surface area contributed by atoms with Gasteiger partial charge in [0.2, 0.25) is 0 Å². The molecule has 9 heteroatoms. The van der Waals surface area contributed by atoms with Crippen molar-refractivity contribution in [3.63, 3.8) is 0 Å². The van der Waals surface area contributed by atoms with Crippen LogP contribution in [-0.2, 0) is 4.74 Å². The Morgan fingerprint density at radius 2 is 1.89 bits per heavy atom. The standard InChI is InChI=1S/C19H24N6O3/c26-25(27)17-5-3-16(4-6-17)24-7-1-2-15(13-24)22-18-12-19(21-14-20-18)23-8-10-28-11-9-23/h3-6,12,14-15H,1-2,7-11,13H2,(H,20,21,22)/t15-/m1/s1. The summed E-state index contributed by atoms with van der Waals surface area (Å²) < 4.78 is 5.40. The van der Waals surface area contributed by atoms with Gasteiger partial charge in [0, 0.05) is 56.1 Å². The SMILES string of the molecule is O=[N+]([O-])c1ccc(N2CCC[C@@H](Nc3cc(N4CCOCC4)ncn3)C2)cc1. The molecule has 0 amide bonds. The molecule has 148 valence electrons. The number of hydrogen-bond acceptors (Lipinski definition) is 8. The van der Waals surface area contributed by atoms with Crippen LogP contribution in [0.15, 0.2) is 36.7 Å². The van der Waals surface area contributed by atoms with Crippen LogP contribution in [0, 0.1) is 10.1 Å². The number of hydrogen-bond donors (Lipinski definition) is 1. The van der Waals surface area contributed by atoms with Gasteiger partial charge in [-0.25, -0.2) is 9.97 Å². The molecule has 2 aliphatic rings. The molecule has 9 nitrogen and oxygen atoms in total. The Bertz CT molecular complexity index is 810. The summed E-state index contributed by atoms with van der Waals surface area (Å²) in [5, 5.41) is 14.4. The number of aromatic nitrogens is 2. The lowest BCUT2D eigenvalue weighted by Crippen LogP contribution is -2.42. The van der Waals surface area contributed by atoms with Crippen molar-refractivity contribution in [3.05, 3.63) is 46.8 Å². The third kappa shape index (κ3) is 4.30. The van der Waals surface area contributed by atoms with Crippen molar-refractivity contribution in [3.8, 4) is 0 Å². The number of piperidine rings is 1. The Morgan fingerprint density at radius 1 is 1.11 bits per heavy atom. The second kappa shape index (κ2) is 8.39. The Hall–Kier alpha value is -2.94. The fraction of sp³-hybridized carbons (Fsp3) is 0.474. The molecule has 3 heterocycles. The van der Waals surface area contributed by atoms with Crippen LogP contribution in [0.5, 0.6) is 0 Å². The van der Waals surface area contributed by atoms with E-state index in [9.17, 15) is 10.1 Å². The molecule has 2 aliphatic heterocycles. The average Bonchev–Trinajstić information content (AvgIpc) is 2.75. The lowest BCUT2D eigenvalue weighted by atomic mass is 10.0. The number of anilines is 3. The number of non-ortho nitro benzene ring substituents is 1. The minimum atomic E-state index is -0.370. The summed E-state index contributed by atoms with van der Waals surface area (Å²) in [5.41, 5.74) is 1.13. The zero-order valence-electron chi connectivity index (χ0n) is 15.7. The summed E-state index contributed by atoms with van der Waals surface area (Å²) in [7, 11) is 0. The van der Waals surface area contributed by atoms with Crippen LogP contribution in [0.1, 0.15) is 12.8 Å². The largest absolute Gasteiger partial charge is 0.378 e. The third-order valence-corrected chi connectivity index (χ3v) is 5.19. The molecule has 0 saturated carbocycles. The van der Waals surface area contributed by atoms with E-state index in [-0.39, 0.29) is 16.7 Å². The average molecular weight is 384 g/mol. The maximum atomic E-state index is 10.8. The number of nitrogens with one attached hydrogen (secondary N) is 1. The van der Waals surface area contributed by atoms with E-state index in [2.05, 4.69) is 25.1 Å². The van der Waals surface area contributed by atoms with Gasteiger partial charge in [-0.1, -0.05) is 0 Å². The highest BCUT2D eigenvalue weighted by molar-refractivity contribution is 5.53. The van der Waals surface area contributed by atoms with Gasteiger partial charge in [0.05, 0.1) is 18.1 Å². The number of rotatable bonds is 5. The number of nitro groups is 1. The van der Waals surface area contributed by atoms with Gasteiger partial charge in [-0.2, -0.15) is 0 Å². The highest BCUT2D eigenvalue weighted by Gasteiger charge is 2.21. The molecule has 0 bridgehead atoms. The van der Waals surface area contributed by atoms with Crippen LogP contribution in [0.25, 0.3) is 0 Å². The quantitative estimate of drug-likeness (QED) is 0.620. The molecule has 28 heavy (non-hydrogen) atoms. The molecule has 2 aromatic rings. The number of morpholine rings is 1. The van der Waals surface area contributed by atoms with E-state index in [0.717, 1.165) is 69.6 Å². The lowest BCUT2D eigenvalue weighted by molar-refractivity contribution is -0.384. The highest BCUT2D eigenvalue weighted by Crippen LogP contribution is 2.24. The van der Waals surface area contributed by atoms with Crippen LogP contribution in [0.4, 0.5) is 23.0 Å². The predicted molar refractivity (Wildman–Crippen MR) is 107 cm³/mol. The molecule has 2 fully saturated rings. The van der Waals surface area contributed by atoms with E-state index in [1.165, 1.54) is 0 Å². The fourth-order valence-electron chi connectivity index (χ4n) is 3.72. The van der Waals surface area contributed by atoms with E-state index in [1.807, 2.05) is 18.2 Å². The smallest absolute Gasteiger partial charge is 0.269 e. The zero-order chi connectivity index (χ0) is 19.3. The van der Waals surface area contributed by atoms with Crippen LogP contribution in [-0.4, -0.2) is 60.3 Å². The van der Waals surface area contributed by atoms with Crippen molar-refractivity contribution in [2.24, 2.45) is 0 Å². The first kappa shape index (κ1) is 18.4. The van der Waals surface area contributed by atoms with Gasteiger partial charge in [0.25, 0.3) is 5.69 Å². The number of ether oxygens (including phenoxy) is 1. The molecule has 0 spiro atoms. The number of nitrogens with zero attached hydrogens (tertiary/aromatic N) is 5. The first-order chi connectivity index (χ1) is 13.7. The van der Waals surface area contributed by atoms with Gasteiger partial charge in [0.15, 0.2) is 0 Å². The normalized spacial score (nSPS) is 20.1. The molecule has 0 unspecified atom stereocenters. The van der Waals surface area contributed by atoms with Crippen molar-refractivity contribution < 1.29 is 9.66 Å². The predicted octanol–water partition coefficient (Wildman–Crippen LogP) is 2.30. The first-order valence-electron chi connectivity index (χ1n) is 9.60. The van der Waals surface area contributed by atoms with E-state index >= 15 is 0 Å². The minimum Gasteiger partial charge on any atom is -0.378 e. The second-order valence-corrected chi connectivity index (χ2v) is 7.06. The zero-order valence-corrected chi connectivity index (χ0v) is 15.7. The van der Waals surface area contributed by atoms with Crippen molar-refractivity contribution in [2.75, 3.05) is 54.5 Å². The van der Waals surface area contributed by atoms with Gasteiger partial charge in [-0.15, -0.1) is 0 Å². The molecule has 0 radical (unpaired) electrons. The van der Waals surface area contributed by atoms with Gasteiger partial charge < -0.3 is 19.9 Å². The summed E-state index contributed by atoms with van der Waals surface area (Å²) in [6.07, 6.45) is 3.71. The summed E-state index contributed by atoms with van der Waals surface area (Å²) >= 11 is 0. The van der Waals surface area contributed by atoms with Crippen molar-refractivity contribution in [1.82, 2.24) is 9.97 Å². The minimum absolute atomic E-state index is 0.118. The van der Waals surface area contributed by atoms with Crippen molar-refractivity contribution in [1.29, 1.82) is 0 Å². The molecule has 1 aromatic carbocycles. The highest BCUT2D eigenvalue weighted by atomic mass is 16.6. The molecule has 0 aliphatic carbocycles. The van der Waals surface area contributed by atoms with Gasteiger partial charge in [0.1, 0.15) is 18.0 Å². The molecule has 4 rings (SSSR count). The van der Waals surface area contributed by atoms with Gasteiger partial charge in [-0.3, -0.25) is 10.1 Å². The van der Waals surface area contributed by atoms with E-state index in [4.69, 9.17) is 4.74 Å². The van der Waals surface area contributed by atoms with E-state index < -0.39 is 0 Å². The molecular formula is C19H24N6O3. The molecule has 1 N–H and O–H groups in total. The third-order valence-electron chi connectivity index (χ3n) is 5.19. The lowest BCUT2D eigenvalue weighted by Gasteiger charge is -2.35. The first-order valence-corrected chi connectivity index (χ1v) is 9.60. The van der Waals surface area contributed by atoms with E-state index in [0.29, 0.717) is 0 Å². The van der Waals surface area contributed by atoms with Crippen LogP contribution >= 0.6 is 0 Å². The Labute approximate surface area is 163 Å². The second-order valence-electron chi connectivity index (χ2n) is 7.06.